The number of Topliss-reactive ketones (excluding diaryl/α,β-unsaturated/α-hetero) is 1. The molecular weight excluding hydrogens is 308 g/mol. The highest BCUT2D eigenvalue weighted by molar-refractivity contribution is 9.10. The molecule has 0 aliphatic heterocycles. The van der Waals surface area contributed by atoms with Crippen LogP contribution in [0, 0.1) is 0 Å². The number of aromatic nitrogens is 2. The van der Waals surface area contributed by atoms with Crippen LogP contribution < -0.4 is 4.74 Å². The number of nitrogens with zero attached hydrogens (tertiary/aromatic N) is 2. The number of benzene rings is 1. The number of carbonyl (C=O) groups excluding carboxylic acids is 1. The number of ether oxygens (including phenoxy) is 1. The molecule has 0 spiro atoms. The molecule has 0 unspecified atom stereocenters. The molecule has 0 atom stereocenters. The van der Waals surface area contributed by atoms with E-state index < -0.39 is 0 Å². The lowest BCUT2D eigenvalue weighted by atomic mass is 10.1. The van der Waals surface area contributed by atoms with Crippen LogP contribution in [-0.2, 0) is 6.54 Å². The molecule has 1 aromatic carbocycles. The lowest BCUT2D eigenvalue weighted by Crippen LogP contribution is -1.95. The van der Waals surface area contributed by atoms with Gasteiger partial charge in [-0.05, 0) is 47.5 Å². The number of halogens is 1. The zero-order chi connectivity index (χ0) is 13.8. The van der Waals surface area contributed by atoms with Crippen LogP contribution in [0.2, 0.25) is 0 Å². The number of carbonyl (C=O) groups is 1. The molecule has 1 heterocycles. The van der Waals surface area contributed by atoms with Crippen molar-refractivity contribution in [1.29, 1.82) is 0 Å². The van der Waals surface area contributed by atoms with Crippen LogP contribution in [0.3, 0.4) is 0 Å². The highest BCUT2D eigenvalue weighted by Gasteiger charge is 2.07. The SMILES string of the molecule is CCCn1cc(Oc2ccc(C(C)=O)c(Br)c2)cn1. The van der Waals surface area contributed by atoms with Crippen molar-refractivity contribution in [2.75, 3.05) is 0 Å². The average Bonchev–Trinajstić information content (AvgIpc) is 2.76. The van der Waals surface area contributed by atoms with Gasteiger partial charge in [-0.25, -0.2) is 0 Å². The van der Waals surface area contributed by atoms with Crippen molar-refractivity contribution in [3.63, 3.8) is 0 Å². The van der Waals surface area contributed by atoms with Gasteiger partial charge in [-0.2, -0.15) is 5.10 Å². The molecule has 1 aromatic heterocycles. The van der Waals surface area contributed by atoms with Gasteiger partial charge in [0.1, 0.15) is 5.75 Å². The Hall–Kier alpha value is -1.62. The summed E-state index contributed by atoms with van der Waals surface area (Å²) in [5.74, 6) is 1.39. The molecule has 4 nitrogen and oxygen atoms in total. The summed E-state index contributed by atoms with van der Waals surface area (Å²) >= 11 is 3.37. The molecule has 0 saturated heterocycles. The monoisotopic (exact) mass is 322 g/mol. The van der Waals surface area contributed by atoms with E-state index in [-0.39, 0.29) is 5.78 Å². The zero-order valence-corrected chi connectivity index (χ0v) is 12.5. The van der Waals surface area contributed by atoms with Crippen molar-refractivity contribution in [1.82, 2.24) is 9.78 Å². The van der Waals surface area contributed by atoms with E-state index in [0.717, 1.165) is 17.4 Å². The summed E-state index contributed by atoms with van der Waals surface area (Å²) in [6, 6.07) is 5.31. The van der Waals surface area contributed by atoms with Gasteiger partial charge in [0, 0.05) is 16.6 Å². The maximum atomic E-state index is 11.3. The molecule has 5 heteroatoms. The molecule has 2 rings (SSSR count). The van der Waals surface area contributed by atoms with Gasteiger partial charge in [-0.3, -0.25) is 9.48 Å². The maximum absolute atomic E-state index is 11.3. The first-order chi connectivity index (χ1) is 9.10. The van der Waals surface area contributed by atoms with Crippen molar-refractivity contribution in [3.05, 3.63) is 40.6 Å². The van der Waals surface area contributed by atoms with E-state index in [0.29, 0.717) is 17.1 Å². The molecule has 100 valence electrons. The Morgan fingerprint density at radius 2 is 2.21 bits per heavy atom. The van der Waals surface area contributed by atoms with Crippen LogP contribution >= 0.6 is 15.9 Å². The summed E-state index contributed by atoms with van der Waals surface area (Å²) in [6.07, 6.45) is 4.57. The first-order valence-corrected chi connectivity index (χ1v) is 6.90. The van der Waals surface area contributed by atoms with Gasteiger partial charge in [0.15, 0.2) is 11.5 Å². The molecule has 0 N–H and O–H groups in total. The Bertz CT molecular complexity index is 593. The van der Waals surface area contributed by atoms with Crippen LogP contribution in [0.4, 0.5) is 0 Å². The molecule has 2 aromatic rings. The zero-order valence-electron chi connectivity index (χ0n) is 10.9. The van der Waals surface area contributed by atoms with Crippen molar-refractivity contribution < 1.29 is 9.53 Å². The van der Waals surface area contributed by atoms with Gasteiger partial charge < -0.3 is 4.74 Å². The summed E-state index contributed by atoms with van der Waals surface area (Å²) in [7, 11) is 0. The summed E-state index contributed by atoms with van der Waals surface area (Å²) in [5.41, 5.74) is 0.647. The van der Waals surface area contributed by atoms with E-state index in [1.165, 1.54) is 6.92 Å². The second-order valence-electron chi connectivity index (χ2n) is 4.24. The Morgan fingerprint density at radius 1 is 1.42 bits per heavy atom. The van der Waals surface area contributed by atoms with E-state index in [1.54, 1.807) is 24.4 Å². The van der Waals surface area contributed by atoms with Crippen molar-refractivity contribution >= 4 is 21.7 Å². The quantitative estimate of drug-likeness (QED) is 0.780. The lowest BCUT2D eigenvalue weighted by molar-refractivity contribution is 0.101. The summed E-state index contributed by atoms with van der Waals surface area (Å²) in [6.45, 7) is 4.51. The fourth-order valence-electron chi connectivity index (χ4n) is 1.73. The third-order valence-corrected chi connectivity index (χ3v) is 3.27. The molecule has 0 aliphatic carbocycles. The van der Waals surface area contributed by atoms with Crippen LogP contribution in [0.1, 0.15) is 30.6 Å². The Kier molecular flexibility index (Phi) is 4.37. The maximum Gasteiger partial charge on any atom is 0.165 e. The largest absolute Gasteiger partial charge is 0.454 e. The average molecular weight is 323 g/mol. The Morgan fingerprint density at radius 3 is 2.84 bits per heavy atom. The minimum Gasteiger partial charge on any atom is -0.454 e. The van der Waals surface area contributed by atoms with Gasteiger partial charge >= 0.3 is 0 Å². The molecule has 0 fully saturated rings. The minimum atomic E-state index is 0.0224. The van der Waals surface area contributed by atoms with Crippen LogP contribution in [0.15, 0.2) is 35.1 Å². The van der Waals surface area contributed by atoms with Crippen LogP contribution in [-0.4, -0.2) is 15.6 Å². The van der Waals surface area contributed by atoms with Gasteiger partial charge in [0.2, 0.25) is 0 Å². The molecule has 0 aliphatic rings. The molecule has 0 amide bonds. The van der Waals surface area contributed by atoms with Crippen molar-refractivity contribution in [3.8, 4) is 11.5 Å². The molecular formula is C14H15BrN2O2. The summed E-state index contributed by atoms with van der Waals surface area (Å²) in [4.78, 5) is 11.3. The Balaban J connectivity index is 2.14. The van der Waals surface area contributed by atoms with Crippen LogP contribution in [0.5, 0.6) is 11.5 Å². The Labute approximate surface area is 120 Å². The first-order valence-electron chi connectivity index (χ1n) is 6.11. The number of aryl methyl sites for hydroxylation is 1. The van der Waals surface area contributed by atoms with E-state index in [1.807, 2.05) is 10.9 Å². The van der Waals surface area contributed by atoms with Gasteiger partial charge in [-0.15, -0.1) is 0 Å². The first kappa shape index (κ1) is 13.8. The van der Waals surface area contributed by atoms with Crippen molar-refractivity contribution in [2.24, 2.45) is 0 Å². The highest BCUT2D eigenvalue weighted by atomic mass is 79.9. The number of ketones is 1. The number of hydrogen-bond donors (Lipinski definition) is 0. The predicted molar refractivity (Wildman–Crippen MR) is 76.7 cm³/mol. The predicted octanol–water partition coefficient (Wildman–Crippen LogP) is 4.05. The van der Waals surface area contributed by atoms with E-state index in [4.69, 9.17) is 4.74 Å². The van der Waals surface area contributed by atoms with Gasteiger partial charge in [0.25, 0.3) is 0 Å². The fourth-order valence-corrected chi connectivity index (χ4v) is 2.37. The normalized spacial score (nSPS) is 10.5. The smallest absolute Gasteiger partial charge is 0.165 e. The number of rotatable bonds is 5. The summed E-state index contributed by atoms with van der Waals surface area (Å²) < 4.78 is 8.27. The van der Waals surface area contributed by atoms with Crippen molar-refractivity contribution in [2.45, 2.75) is 26.8 Å². The second kappa shape index (κ2) is 6.02. The van der Waals surface area contributed by atoms with Crippen LogP contribution in [0.25, 0.3) is 0 Å². The van der Waals surface area contributed by atoms with E-state index >= 15 is 0 Å². The third-order valence-electron chi connectivity index (χ3n) is 2.62. The van der Waals surface area contributed by atoms with E-state index in [9.17, 15) is 4.79 Å². The van der Waals surface area contributed by atoms with Gasteiger partial charge in [0.05, 0.1) is 12.4 Å². The highest BCUT2D eigenvalue weighted by Crippen LogP contribution is 2.27. The fraction of sp³-hybridized carbons (Fsp3) is 0.286. The summed E-state index contributed by atoms with van der Waals surface area (Å²) in [5, 5.41) is 4.20. The molecule has 19 heavy (non-hydrogen) atoms. The van der Waals surface area contributed by atoms with Gasteiger partial charge in [-0.1, -0.05) is 6.92 Å². The molecule has 0 radical (unpaired) electrons. The standard InChI is InChI=1S/C14H15BrN2O2/c1-3-6-17-9-12(8-16-17)19-11-4-5-13(10(2)18)14(15)7-11/h4-5,7-9H,3,6H2,1-2H3. The molecule has 0 bridgehead atoms. The third kappa shape index (κ3) is 3.44. The lowest BCUT2D eigenvalue weighted by Gasteiger charge is -2.05. The second-order valence-corrected chi connectivity index (χ2v) is 5.09. The number of hydrogen-bond acceptors (Lipinski definition) is 3. The molecule has 0 saturated carbocycles. The topological polar surface area (TPSA) is 44.1 Å². The minimum absolute atomic E-state index is 0.0224. The van der Waals surface area contributed by atoms with E-state index in [2.05, 4.69) is 28.0 Å².